The van der Waals surface area contributed by atoms with Crippen LogP contribution in [0.3, 0.4) is 0 Å². The van der Waals surface area contributed by atoms with E-state index in [1.165, 1.54) is 12.8 Å². The monoisotopic (exact) mass is 430 g/mol. The summed E-state index contributed by atoms with van der Waals surface area (Å²) in [7, 11) is 0. The number of hydrogen-bond donors (Lipinski definition) is 2. The Labute approximate surface area is 180 Å². The molecule has 2 fully saturated rings. The molecule has 0 spiro atoms. The Morgan fingerprint density at radius 2 is 1.64 bits per heavy atom. The van der Waals surface area contributed by atoms with Crippen LogP contribution in [0.1, 0.15) is 24.0 Å². The molecule has 2 aliphatic rings. The van der Waals surface area contributed by atoms with Crippen molar-refractivity contribution in [1.29, 1.82) is 0 Å². The van der Waals surface area contributed by atoms with Crippen LogP contribution < -0.4 is 10.6 Å². The van der Waals surface area contributed by atoms with Gasteiger partial charge in [-0.3, -0.25) is 14.5 Å². The zero-order valence-electron chi connectivity index (χ0n) is 16.7. The van der Waals surface area contributed by atoms with Crippen LogP contribution in [-0.2, 0) is 9.59 Å². The van der Waals surface area contributed by atoms with Gasteiger partial charge in [0, 0.05) is 31.9 Å². The van der Waals surface area contributed by atoms with Crippen LogP contribution in [0.15, 0.2) is 18.2 Å². The number of amides is 2. The second kappa shape index (κ2) is 11.6. The van der Waals surface area contributed by atoms with Crippen molar-refractivity contribution in [2.75, 3.05) is 51.1 Å². The lowest BCUT2D eigenvalue weighted by molar-refractivity contribution is -0.132. The number of anilines is 1. The number of benzene rings is 1. The number of nitrogens with one attached hydrogen (secondary N) is 2. The fourth-order valence-corrected chi connectivity index (χ4v) is 3.37. The lowest BCUT2D eigenvalue weighted by Gasteiger charge is -2.34. The second-order valence-corrected chi connectivity index (χ2v) is 7.55. The molecule has 1 aromatic rings. The predicted octanol–water partition coefficient (Wildman–Crippen LogP) is 2.23. The van der Waals surface area contributed by atoms with E-state index in [4.69, 9.17) is 0 Å². The van der Waals surface area contributed by atoms with Gasteiger partial charge in [-0.2, -0.15) is 0 Å². The van der Waals surface area contributed by atoms with E-state index >= 15 is 0 Å². The molecule has 0 bridgehead atoms. The van der Waals surface area contributed by atoms with Crippen LogP contribution in [0.5, 0.6) is 0 Å². The van der Waals surface area contributed by atoms with Gasteiger partial charge in [0.05, 0.1) is 13.1 Å². The highest BCUT2D eigenvalue weighted by molar-refractivity contribution is 5.93. The first-order valence-corrected chi connectivity index (χ1v) is 9.60. The number of carbonyl (C=O) groups excluding carboxylic acids is 2. The van der Waals surface area contributed by atoms with Gasteiger partial charge < -0.3 is 15.5 Å². The molecule has 0 atom stereocenters. The van der Waals surface area contributed by atoms with Gasteiger partial charge in [0.15, 0.2) is 0 Å². The van der Waals surface area contributed by atoms with Gasteiger partial charge in [0.2, 0.25) is 11.8 Å². The molecule has 1 aliphatic heterocycles. The van der Waals surface area contributed by atoms with E-state index in [1.54, 1.807) is 0 Å². The van der Waals surface area contributed by atoms with Gasteiger partial charge in [-0.25, -0.2) is 0 Å². The van der Waals surface area contributed by atoms with Crippen molar-refractivity contribution < 1.29 is 9.59 Å². The summed E-state index contributed by atoms with van der Waals surface area (Å²) >= 11 is 0. The minimum atomic E-state index is 0. The molecule has 1 saturated heterocycles. The minimum absolute atomic E-state index is 0. The zero-order valence-corrected chi connectivity index (χ0v) is 18.3. The first kappa shape index (κ1) is 24.7. The van der Waals surface area contributed by atoms with Crippen LogP contribution in [0.2, 0.25) is 0 Å². The van der Waals surface area contributed by atoms with Crippen molar-refractivity contribution in [3.63, 3.8) is 0 Å². The van der Waals surface area contributed by atoms with Gasteiger partial charge in [-0.1, -0.05) is 18.2 Å². The molecular formula is C20H32Cl2N4O2. The molecule has 28 heavy (non-hydrogen) atoms. The van der Waals surface area contributed by atoms with Crippen LogP contribution in [0.25, 0.3) is 0 Å². The Hall–Kier alpha value is -1.34. The Bertz CT molecular complexity index is 639. The summed E-state index contributed by atoms with van der Waals surface area (Å²) in [5, 5.41) is 6.29. The first-order chi connectivity index (χ1) is 12.5. The third-order valence-electron chi connectivity index (χ3n) is 5.24. The topological polar surface area (TPSA) is 64.7 Å². The summed E-state index contributed by atoms with van der Waals surface area (Å²) < 4.78 is 0. The van der Waals surface area contributed by atoms with Crippen LogP contribution >= 0.6 is 24.8 Å². The van der Waals surface area contributed by atoms with E-state index in [0.29, 0.717) is 26.2 Å². The third-order valence-corrected chi connectivity index (χ3v) is 5.24. The quantitative estimate of drug-likeness (QED) is 0.695. The van der Waals surface area contributed by atoms with Crippen LogP contribution in [-0.4, -0.2) is 67.4 Å². The van der Waals surface area contributed by atoms with Crippen LogP contribution in [0, 0.1) is 19.8 Å². The van der Waals surface area contributed by atoms with Crippen molar-refractivity contribution in [2.24, 2.45) is 5.92 Å². The molecule has 0 radical (unpaired) electrons. The standard InChI is InChI=1S/C20H30N4O2.2ClH/c1-15-4-3-5-16(2)20(15)22-18(25)14-23-8-10-24(11-9-23)19(26)13-21-12-17-6-7-17;;/h3-5,17,21H,6-14H2,1-2H3,(H,22,25);2*1H. The Kier molecular flexibility index (Phi) is 10.2. The summed E-state index contributed by atoms with van der Waals surface area (Å²) in [5.41, 5.74) is 3.06. The maximum absolute atomic E-state index is 12.4. The van der Waals surface area contributed by atoms with E-state index < -0.39 is 0 Å². The number of para-hydroxylation sites is 1. The summed E-state index contributed by atoms with van der Waals surface area (Å²) in [5.74, 6) is 0.966. The fraction of sp³-hybridized carbons (Fsp3) is 0.600. The van der Waals surface area contributed by atoms with Crippen LogP contribution in [0.4, 0.5) is 5.69 Å². The smallest absolute Gasteiger partial charge is 0.238 e. The summed E-state index contributed by atoms with van der Waals surface area (Å²) in [6.07, 6.45) is 2.59. The lowest BCUT2D eigenvalue weighted by Crippen LogP contribution is -2.52. The largest absolute Gasteiger partial charge is 0.339 e. The number of rotatable bonds is 7. The molecule has 6 nitrogen and oxygen atoms in total. The molecular weight excluding hydrogens is 399 g/mol. The van der Waals surface area contributed by atoms with E-state index in [0.717, 1.165) is 42.4 Å². The van der Waals surface area contributed by atoms with E-state index in [2.05, 4.69) is 15.5 Å². The van der Waals surface area contributed by atoms with E-state index in [9.17, 15) is 9.59 Å². The fourth-order valence-electron chi connectivity index (χ4n) is 3.37. The maximum Gasteiger partial charge on any atom is 0.238 e. The highest BCUT2D eigenvalue weighted by Gasteiger charge is 2.24. The Morgan fingerprint density at radius 1 is 1.04 bits per heavy atom. The molecule has 1 aliphatic carbocycles. The second-order valence-electron chi connectivity index (χ2n) is 7.55. The molecule has 158 valence electrons. The molecule has 2 N–H and O–H groups in total. The molecule has 8 heteroatoms. The van der Waals surface area contributed by atoms with Crippen molar-refractivity contribution in [1.82, 2.24) is 15.1 Å². The SMILES string of the molecule is Cc1cccc(C)c1NC(=O)CN1CCN(C(=O)CNCC2CC2)CC1.Cl.Cl. The Morgan fingerprint density at radius 3 is 2.21 bits per heavy atom. The van der Waals surface area contributed by atoms with Gasteiger partial charge in [0.1, 0.15) is 0 Å². The summed E-state index contributed by atoms with van der Waals surface area (Å²) in [6, 6.07) is 6.00. The van der Waals surface area contributed by atoms with Crippen molar-refractivity contribution >= 4 is 42.3 Å². The number of halogens is 2. The van der Waals surface area contributed by atoms with Gasteiger partial charge >= 0.3 is 0 Å². The highest BCUT2D eigenvalue weighted by Crippen LogP contribution is 2.27. The summed E-state index contributed by atoms with van der Waals surface area (Å²) in [6.45, 7) is 8.66. The molecule has 3 rings (SSSR count). The third kappa shape index (κ3) is 7.24. The van der Waals surface area contributed by atoms with Crippen molar-refractivity contribution in [2.45, 2.75) is 26.7 Å². The number of hydrogen-bond acceptors (Lipinski definition) is 4. The van der Waals surface area contributed by atoms with Gasteiger partial charge in [-0.15, -0.1) is 24.8 Å². The van der Waals surface area contributed by atoms with E-state index in [1.807, 2.05) is 36.9 Å². The normalized spacial score (nSPS) is 16.7. The molecule has 1 saturated carbocycles. The van der Waals surface area contributed by atoms with Gasteiger partial charge in [-0.05, 0) is 50.3 Å². The van der Waals surface area contributed by atoms with Gasteiger partial charge in [0.25, 0.3) is 0 Å². The maximum atomic E-state index is 12.4. The lowest BCUT2D eigenvalue weighted by atomic mass is 10.1. The molecule has 0 aromatic heterocycles. The Balaban J connectivity index is 0.00000196. The summed E-state index contributed by atoms with van der Waals surface area (Å²) in [4.78, 5) is 28.6. The molecule has 2 amide bonds. The number of carbonyl (C=O) groups is 2. The molecule has 0 unspecified atom stereocenters. The highest BCUT2D eigenvalue weighted by atomic mass is 35.5. The first-order valence-electron chi connectivity index (χ1n) is 9.60. The number of piperazine rings is 1. The average molecular weight is 431 g/mol. The van der Waals surface area contributed by atoms with Crippen molar-refractivity contribution in [3.8, 4) is 0 Å². The number of nitrogens with zero attached hydrogens (tertiary/aromatic N) is 2. The number of aryl methyl sites for hydroxylation is 2. The predicted molar refractivity (Wildman–Crippen MR) is 118 cm³/mol. The minimum Gasteiger partial charge on any atom is -0.339 e. The zero-order chi connectivity index (χ0) is 18.5. The molecule has 1 aromatic carbocycles. The van der Waals surface area contributed by atoms with E-state index in [-0.39, 0.29) is 36.6 Å². The van der Waals surface area contributed by atoms with Crippen molar-refractivity contribution in [3.05, 3.63) is 29.3 Å². The average Bonchev–Trinajstić information content (AvgIpc) is 3.43. The molecule has 1 heterocycles.